The first-order valence-corrected chi connectivity index (χ1v) is 50.7. The minimum Gasteiger partial charge on any atom is -1.00 e. The van der Waals surface area contributed by atoms with Crippen LogP contribution in [-0.2, 0) is 75.0 Å². The first-order chi connectivity index (χ1) is 63.4. The Hall–Kier alpha value is -10.1. The van der Waals surface area contributed by atoms with E-state index in [-0.39, 0.29) is 147 Å². The van der Waals surface area contributed by atoms with E-state index in [1.54, 1.807) is 26.0 Å². The number of aryl methyl sites for hydroxylation is 1. The number of halogens is 5. The van der Waals surface area contributed by atoms with E-state index >= 15 is 0 Å². The molecule has 8 aliphatic rings. The molecule has 0 aliphatic heterocycles. The van der Waals surface area contributed by atoms with Crippen molar-refractivity contribution in [2.24, 2.45) is 0 Å². The van der Waals surface area contributed by atoms with Crippen LogP contribution in [0.2, 0.25) is 19.6 Å². The fourth-order valence-corrected chi connectivity index (χ4v) is 20.9. The van der Waals surface area contributed by atoms with Gasteiger partial charge in [-0.25, -0.2) is 9.59 Å². The molecule has 0 unspecified atom stereocenters. The smallest absolute Gasteiger partial charge is 1.00 e. The summed E-state index contributed by atoms with van der Waals surface area (Å²) in [4.78, 5) is 61.1. The van der Waals surface area contributed by atoms with Crippen LogP contribution in [0.15, 0.2) is 330 Å². The predicted octanol–water partition coefficient (Wildman–Crippen LogP) is 18.4. The summed E-state index contributed by atoms with van der Waals surface area (Å²) in [6.45, 7) is 30.4. The van der Waals surface area contributed by atoms with Gasteiger partial charge in [-0.2, -0.15) is 21.6 Å². The molecule has 23 heteroatoms. The van der Waals surface area contributed by atoms with Crippen LogP contribution in [0, 0.1) is 0 Å². The molecule has 0 spiro atoms. The number of alkyl halides is 3. The Bertz CT molecular complexity index is 6160. The molecule has 0 atom stereocenters. The summed E-state index contributed by atoms with van der Waals surface area (Å²) >= 11 is 3.68. The molecule has 8 aliphatic carbocycles. The topological polar surface area (TPSA) is 198 Å². The van der Waals surface area contributed by atoms with Crippen LogP contribution < -0.4 is 83.0 Å². The zero-order valence-electron chi connectivity index (χ0n) is 78.1. The molecule has 15 nitrogen and oxygen atoms in total. The summed E-state index contributed by atoms with van der Waals surface area (Å²) in [7, 11) is -7.60. The van der Waals surface area contributed by atoms with Gasteiger partial charge in [0.2, 0.25) is 0 Å². The van der Waals surface area contributed by atoms with Gasteiger partial charge in [0.1, 0.15) is 25.6 Å². The Labute approximate surface area is 853 Å². The fourth-order valence-electron chi connectivity index (χ4n) is 18.2. The van der Waals surface area contributed by atoms with Gasteiger partial charge in [0.15, 0.2) is 0 Å². The zero-order chi connectivity index (χ0) is 94.9. The van der Waals surface area contributed by atoms with E-state index in [4.69, 9.17) is 24.1 Å². The molecule has 0 heterocycles. The molecular weight excluding hydrogens is 1920 g/mol. The van der Waals surface area contributed by atoms with Crippen LogP contribution >= 0.6 is 15.9 Å². The summed E-state index contributed by atoms with van der Waals surface area (Å²) in [5.41, 5.74) is 11.8. The summed E-state index contributed by atoms with van der Waals surface area (Å²) in [5.74, 6) is -1.24. The number of hydrogen-bond acceptors (Lipinski definition) is 15. The van der Waals surface area contributed by atoms with Crippen LogP contribution in [0.25, 0.3) is 43.1 Å². The van der Waals surface area contributed by atoms with E-state index in [9.17, 15) is 45.6 Å². The first-order valence-electron chi connectivity index (χ1n) is 45.0. The number of esters is 5. The molecule has 134 heavy (non-hydrogen) atoms. The number of carbonyl (C=O) groups excluding carboxylic acids is 5. The van der Waals surface area contributed by atoms with Crippen molar-refractivity contribution in [3.8, 4) is 5.75 Å². The first kappa shape index (κ1) is 108. The molecule has 0 fully saturated rings. The van der Waals surface area contributed by atoms with Gasteiger partial charge < -0.3 is 42.6 Å². The summed E-state index contributed by atoms with van der Waals surface area (Å²) < 4.78 is 89.3. The number of rotatable bonds is 24. The third-order valence-corrected chi connectivity index (χ3v) is 28.0. The van der Waals surface area contributed by atoms with Crippen LogP contribution in [0.1, 0.15) is 155 Å². The van der Waals surface area contributed by atoms with E-state index in [2.05, 4.69) is 294 Å². The summed E-state index contributed by atoms with van der Waals surface area (Å²) in [5, 5.41) is 18.7. The average Bonchev–Trinajstić information content (AvgIpc) is 0.913. The Morgan fingerprint density at radius 3 is 1.18 bits per heavy atom. The van der Waals surface area contributed by atoms with Crippen molar-refractivity contribution < 1.29 is 152 Å². The minimum atomic E-state index is -5.61. The van der Waals surface area contributed by atoms with Crippen LogP contribution in [0.5, 0.6) is 5.75 Å². The van der Waals surface area contributed by atoms with Crippen molar-refractivity contribution in [2.75, 3.05) is 59.3 Å². The van der Waals surface area contributed by atoms with E-state index in [0.29, 0.717) is 55.2 Å². The number of carbonyl (C=O) groups is 5. The molecule has 4 bridgehead atoms. The van der Waals surface area contributed by atoms with Gasteiger partial charge in [-0.1, -0.05) is 315 Å². The molecule has 19 rings (SSSR count). The number of benzene rings is 11. The minimum absolute atomic E-state index is 0. The molecular formula is C111H117BrCsF4NO14SSi. The summed E-state index contributed by atoms with van der Waals surface area (Å²) in [6, 6.07) is 78.7. The maximum atomic E-state index is 12.8. The Morgan fingerprint density at radius 2 is 0.806 bits per heavy atom. The quantitative estimate of drug-likeness (QED) is 0.00689. The van der Waals surface area contributed by atoms with Gasteiger partial charge in [0.05, 0.1) is 27.9 Å². The number of aliphatic hydroxyl groups excluding tert-OH is 1. The third-order valence-electron chi connectivity index (χ3n) is 24.1. The van der Waals surface area contributed by atoms with E-state index < -0.39 is 41.1 Å². The van der Waals surface area contributed by atoms with Crippen molar-refractivity contribution in [2.45, 2.75) is 148 Å². The number of aliphatic hydroxyl groups is 1. The van der Waals surface area contributed by atoms with Gasteiger partial charge >= 0.3 is 114 Å². The van der Waals surface area contributed by atoms with Crippen LogP contribution in [0.3, 0.4) is 0 Å². The number of nitrogens with zero attached hydrogens (tertiary/aromatic N) is 1. The number of allylic oxidation sites excluding steroid dienone is 12. The second-order valence-corrected chi connectivity index (χ2v) is 40.9. The standard InChI is InChI=1S/C30H28O4.C26H24O2.C19H18O2.C14H9Br.C10H13F3O3SSi.C6H15N.C6H10O3.Cs.FH/c1-20(2)29(32)34-19-18-33-27(31)16-17-30-24-13-5-3-4-10-21(24)28(22-11-6-8-14-25(22)30)23-12-7-9-15-26(23)30;1-2-28-24(27)16-17-26-21-13-5-3-4-10-18(21)25(19-11-6-8-14-22(19)26)20-12-7-9-15-23(20)26;1-2-21-19(20)12-11-18-16-9-5-3-7-14(16)13-15-8-4-6-10-17(15)18;15-14-12-7-3-1-5-10(12)9-11-6-2-4-8-13(11)14;1-18(2,3)9-7-5-4-6-8(9)16-17(14,15)10(11,12)13;1-4-7(5-2)6-3;1-5(2)6(8)9-4-3-7;;/h4-15,28H,1,3,16-19H2,2H3;4-15,25H,2-3,16-17H2,1H3;3-10,13H,2,11-12H2,1H3;1-9H;4-7H,1-3H3;4-6H2,1-3H3;7H,1,3-4H2,2H3;;1H/q;;;;;;;+1;/p-1. The Balaban J connectivity index is 0.000000184. The van der Waals surface area contributed by atoms with Crippen molar-refractivity contribution in [3.63, 3.8) is 0 Å². The van der Waals surface area contributed by atoms with Crippen molar-refractivity contribution >= 4 is 112 Å². The van der Waals surface area contributed by atoms with E-state index in [0.717, 1.165) is 19.3 Å². The van der Waals surface area contributed by atoms with Crippen LogP contribution in [-0.4, -0.2) is 121 Å². The molecule has 1 N–H and O–H groups in total. The Kier molecular flexibility index (Phi) is 40.2. The molecule has 0 amide bonds. The second-order valence-electron chi connectivity index (χ2n) is 33.5. The van der Waals surface area contributed by atoms with Crippen molar-refractivity contribution in [3.05, 3.63) is 380 Å². The molecule has 696 valence electrons. The zero-order valence-corrected chi connectivity index (χ0v) is 87.8. The maximum Gasteiger partial charge on any atom is 1.00 e. The monoisotopic (exact) mass is 2040 g/mol. The van der Waals surface area contributed by atoms with Crippen LogP contribution in [0.4, 0.5) is 13.2 Å². The number of ether oxygens (including phenoxy) is 5. The van der Waals surface area contributed by atoms with E-state index in [1.807, 2.05) is 57.8 Å². The molecule has 0 aromatic heterocycles. The molecule has 0 saturated carbocycles. The number of para-hydroxylation sites is 1. The van der Waals surface area contributed by atoms with Crippen molar-refractivity contribution in [1.29, 1.82) is 0 Å². The SMILES string of the molecule is Brc1c2ccccc2cc2ccccc12.C=C(C)C(=O)OCCO.C=C(C)C(=O)OCCOC(=O)CCC12C3=C(C=CCC=C3)C(c3ccccc31)c1ccccc12.CCN(CC)CC.CCOC(=O)CCC12C3=C(C=CCC=C3)C(c3ccccc31)c1ccccc12.CCOC(=O)CCc1c2ccccc2cc2ccccc12.C[Si](C)(C)c1ccccc1OS(=O)(=O)C(F)(F)F.[Cs+].[F-]. The van der Waals surface area contributed by atoms with E-state index in [1.165, 1.54) is 152 Å². The van der Waals surface area contributed by atoms with Gasteiger partial charge in [-0.3, -0.25) is 14.4 Å². The number of fused-ring (bicyclic) bond motifs is 4. The molecule has 11 aromatic rings. The molecule has 0 radical (unpaired) electrons. The van der Waals surface area contributed by atoms with Gasteiger partial charge in [0.25, 0.3) is 0 Å². The average molecular weight is 2040 g/mol. The maximum absolute atomic E-state index is 12.8. The number of hydrogen-bond donors (Lipinski definition) is 1. The van der Waals surface area contributed by atoms with Gasteiger partial charge in [-0.15, -0.1) is 0 Å². The second kappa shape index (κ2) is 50.1. The third kappa shape index (κ3) is 25.4. The van der Waals surface area contributed by atoms with Crippen molar-refractivity contribution in [1.82, 2.24) is 4.90 Å². The molecule has 11 aromatic carbocycles. The van der Waals surface area contributed by atoms with Gasteiger partial charge in [-0.05, 0) is 234 Å². The fraction of sp³-hybridized carbons (Fsp3) is 0.288. The Morgan fingerprint density at radius 1 is 0.470 bits per heavy atom. The van der Waals surface area contributed by atoms with Gasteiger partial charge in [0, 0.05) is 57.5 Å². The predicted molar refractivity (Wildman–Crippen MR) is 530 cm³/mol. The largest absolute Gasteiger partial charge is 1.00 e. The summed E-state index contributed by atoms with van der Waals surface area (Å²) in [6.07, 6.45) is 23.1. The molecule has 0 saturated heterocycles. The normalized spacial score (nSPS) is 16.2.